The summed E-state index contributed by atoms with van der Waals surface area (Å²) in [5.41, 5.74) is 4.44. The van der Waals surface area contributed by atoms with Gasteiger partial charge in [0.25, 0.3) is 0 Å². The van der Waals surface area contributed by atoms with Gasteiger partial charge in [0.15, 0.2) is 5.65 Å². The molecule has 2 N–H and O–H groups in total. The van der Waals surface area contributed by atoms with Crippen molar-refractivity contribution in [2.45, 2.75) is 20.4 Å². The smallest absolute Gasteiger partial charge is 0.186 e. The van der Waals surface area contributed by atoms with Crippen LogP contribution < -0.4 is 5.32 Å². The molecular weight excluding hydrogens is 367 g/mol. The molecule has 0 unspecified atom stereocenters. The van der Waals surface area contributed by atoms with Crippen LogP contribution in [0.3, 0.4) is 0 Å². The summed E-state index contributed by atoms with van der Waals surface area (Å²) in [5, 5.41) is 11.4. The van der Waals surface area contributed by atoms with Crippen LogP contribution in [0, 0.1) is 5.82 Å². The Kier molecular flexibility index (Phi) is 5.48. The fourth-order valence-corrected chi connectivity index (χ4v) is 3.31. The minimum Gasteiger partial charge on any atom is -0.339 e. The molecule has 0 atom stereocenters. The maximum atomic E-state index is 13.2. The van der Waals surface area contributed by atoms with Crippen LogP contribution in [0.5, 0.6) is 0 Å². The third kappa shape index (κ3) is 4.09. The minimum absolute atomic E-state index is 0.280. The molecule has 2 aromatic carbocycles. The molecule has 6 nitrogen and oxygen atoms in total. The summed E-state index contributed by atoms with van der Waals surface area (Å²) in [6.07, 6.45) is 1.46. The Morgan fingerprint density at radius 2 is 1.69 bits per heavy atom. The standard InChI is InChI=1S/C22H23FN6/c1-3-29(4-2)13-15-5-7-16(8-6-15)20-19-21(24-14-25-22(19)28-27-20)26-18-11-9-17(23)10-12-18/h5-12,14H,3-4,13H2,1-2H3,(H2,24,25,26,27,28). The van der Waals surface area contributed by atoms with Crippen molar-refractivity contribution in [3.63, 3.8) is 0 Å². The maximum Gasteiger partial charge on any atom is 0.186 e. The molecule has 0 bridgehead atoms. The molecule has 2 aromatic heterocycles. The van der Waals surface area contributed by atoms with Gasteiger partial charge in [0.1, 0.15) is 18.0 Å². The van der Waals surface area contributed by atoms with Crippen LogP contribution in [0.1, 0.15) is 19.4 Å². The van der Waals surface area contributed by atoms with E-state index in [1.807, 2.05) is 0 Å². The molecule has 0 fully saturated rings. The van der Waals surface area contributed by atoms with E-state index in [9.17, 15) is 4.39 Å². The molecule has 0 saturated heterocycles. The molecule has 4 rings (SSSR count). The third-order valence-corrected chi connectivity index (χ3v) is 5.00. The lowest BCUT2D eigenvalue weighted by Crippen LogP contribution is -2.21. The van der Waals surface area contributed by atoms with E-state index in [0.717, 1.165) is 42.0 Å². The molecule has 29 heavy (non-hydrogen) atoms. The van der Waals surface area contributed by atoms with E-state index < -0.39 is 0 Å². The van der Waals surface area contributed by atoms with Crippen LogP contribution in [0.25, 0.3) is 22.3 Å². The summed E-state index contributed by atoms with van der Waals surface area (Å²) in [7, 11) is 0. The zero-order valence-corrected chi connectivity index (χ0v) is 16.5. The average molecular weight is 390 g/mol. The van der Waals surface area contributed by atoms with Gasteiger partial charge in [0.05, 0.1) is 11.1 Å². The van der Waals surface area contributed by atoms with Crippen molar-refractivity contribution < 1.29 is 4.39 Å². The van der Waals surface area contributed by atoms with E-state index in [-0.39, 0.29) is 5.82 Å². The number of anilines is 2. The van der Waals surface area contributed by atoms with Crippen LogP contribution in [-0.2, 0) is 6.54 Å². The lowest BCUT2D eigenvalue weighted by atomic mass is 10.1. The van der Waals surface area contributed by atoms with Gasteiger partial charge in [-0.1, -0.05) is 38.1 Å². The zero-order valence-electron chi connectivity index (χ0n) is 16.5. The van der Waals surface area contributed by atoms with E-state index in [4.69, 9.17) is 0 Å². The SMILES string of the molecule is CCN(CC)Cc1ccc(-c2[nH]nc3ncnc(Nc4ccc(F)cc4)c23)cc1. The van der Waals surface area contributed by atoms with E-state index in [1.54, 1.807) is 12.1 Å². The molecule has 7 heteroatoms. The first-order chi connectivity index (χ1) is 14.2. The van der Waals surface area contributed by atoms with Gasteiger partial charge < -0.3 is 5.32 Å². The van der Waals surface area contributed by atoms with Gasteiger partial charge in [-0.05, 0) is 42.9 Å². The first-order valence-corrected chi connectivity index (χ1v) is 9.71. The summed E-state index contributed by atoms with van der Waals surface area (Å²) >= 11 is 0. The number of hydrogen-bond acceptors (Lipinski definition) is 5. The molecule has 0 radical (unpaired) electrons. The quantitative estimate of drug-likeness (QED) is 0.477. The number of aromatic amines is 1. The number of H-pyrrole nitrogens is 1. The largest absolute Gasteiger partial charge is 0.339 e. The molecule has 0 amide bonds. The minimum atomic E-state index is -0.280. The monoisotopic (exact) mass is 390 g/mol. The van der Waals surface area contributed by atoms with Crippen LogP contribution >= 0.6 is 0 Å². The van der Waals surface area contributed by atoms with Crippen molar-refractivity contribution in [3.05, 3.63) is 66.2 Å². The van der Waals surface area contributed by atoms with E-state index in [0.29, 0.717) is 11.5 Å². The maximum absolute atomic E-state index is 13.2. The Balaban J connectivity index is 1.66. The lowest BCUT2D eigenvalue weighted by Gasteiger charge is -2.18. The fourth-order valence-electron chi connectivity index (χ4n) is 3.31. The van der Waals surface area contributed by atoms with Crippen molar-refractivity contribution in [1.29, 1.82) is 0 Å². The summed E-state index contributed by atoms with van der Waals surface area (Å²) in [6.45, 7) is 7.32. The molecule has 4 aromatic rings. The van der Waals surface area contributed by atoms with Crippen LogP contribution in [0.2, 0.25) is 0 Å². The molecule has 0 aliphatic heterocycles. The van der Waals surface area contributed by atoms with Gasteiger partial charge in [-0.25, -0.2) is 14.4 Å². The van der Waals surface area contributed by atoms with E-state index >= 15 is 0 Å². The highest BCUT2D eigenvalue weighted by Gasteiger charge is 2.15. The summed E-state index contributed by atoms with van der Waals surface area (Å²) in [4.78, 5) is 11.0. The van der Waals surface area contributed by atoms with Crippen LogP contribution in [0.15, 0.2) is 54.9 Å². The van der Waals surface area contributed by atoms with Gasteiger partial charge in [-0.3, -0.25) is 10.00 Å². The Morgan fingerprint density at radius 1 is 0.966 bits per heavy atom. The number of halogens is 1. The average Bonchev–Trinajstić information content (AvgIpc) is 3.19. The number of fused-ring (bicyclic) bond motifs is 1. The molecule has 0 saturated carbocycles. The predicted molar refractivity (Wildman–Crippen MR) is 113 cm³/mol. The van der Waals surface area contributed by atoms with Gasteiger partial charge >= 0.3 is 0 Å². The summed E-state index contributed by atoms with van der Waals surface area (Å²) in [6, 6.07) is 14.6. The van der Waals surface area contributed by atoms with Gasteiger partial charge in [-0.2, -0.15) is 5.10 Å². The molecule has 0 spiro atoms. The predicted octanol–water partition coefficient (Wildman–Crippen LogP) is 4.74. The number of rotatable bonds is 7. The Morgan fingerprint density at radius 3 is 2.38 bits per heavy atom. The number of benzene rings is 2. The Hall–Kier alpha value is -3.32. The number of hydrogen-bond donors (Lipinski definition) is 2. The lowest BCUT2D eigenvalue weighted by molar-refractivity contribution is 0.296. The molecule has 148 valence electrons. The topological polar surface area (TPSA) is 69.7 Å². The molecule has 0 aliphatic carbocycles. The van der Waals surface area contributed by atoms with Crippen molar-refractivity contribution in [3.8, 4) is 11.3 Å². The molecular formula is C22H23FN6. The second kappa shape index (κ2) is 8.36. The summed E-state index contributed by atoms with van der Waals surface area (Å²) in [5.74, 6) is 0.342. The highest BCUT2D eigenvalue weighted by Crippen LogP contribution is 2.31. The van der Waals surface area contributed by atoms with E-state index in [2.05, 4.69) is 68.5 Å². The zero-order chi connectivity index (χ0) is 20.2. The normalized spacial score (nSPS) is 11.3. The van der Waals surface area contributed by atoms with Crippen molar-refractivity contribution in [2.75, 3.05) is 18.4 Å². The van der Waals surface area contributed by atoms with E-state index in [1.165, 1.54) is 24.0 Å². The van der Waals surface area contributed by atoms with Gasteiger partial charge in [0, 0.05) is 17.8 Å². The Labute approximate surface area is 168 Å². The highest BCUT2D eigenvalue weighted by molar-refractivity contribution is 5.99. The van der Waals surface area contributed by atoms with Gasteiger partial charge in [0.2, 0.25) is 0 Å². The second-order valence-electron chi connectivity index (χ2n) is 6.81. The molecule has 2 heterocycles. The fraction of sp³-hybridized carbons (Fsp3) is 0.227. The number of aromatic nitrogens is 4. The Bertz CT molecular complexity index is 1080. The number of nitrogens with one attached hydrogen (secondary N) is 2. The first-order valence-electron chi connectivity index (χ1n) is 9.71. The highest BCUT2D eigenvalue weighted by atomic mass is 19.1. The third-order valence-electron chi connectivity index (χ3n) is 5.00. The van der Waals surface area contributed by atoms with Crippen molar-refractivity contribution >= 4 is 22.5 Å². The van der Waals surface area contributed by atoms with Crippen molar-refractivity contribution in [1.82, 2.24) is 25.1 Å². The van der Waals surface area contributed by atoms with Crippen molar-refractivity contribution in [2.24, 2.45) is 0 Å². The van der Waals surface area contributed by atoms with Crippen LogP contribution in [0.4, 0.5) is 15.9 Å². The van der Waals surface area contributed by atoms with Gasteiger partial charge in [-0.15, -0.1) is 0 Å². The first kappa shape index (κ1) is 19.0. The molecule has 0 aliphatic rings. The summed E-state index contributed by atoms with van der Waals surface area (Å²) < 4.78 is 13.2. The number of nitrogens with zero attached hydrogens (tertiary/aromatic N) is 4. The van der Waals surface area contributed by atoms with Crippen LogP contribution in [-0.4, -0.2) is 38.2 Å². The second-order valence-corrected chi connectivity index (χ2v) is 6.81.